The Labute approximate surface area is 153 Å². The fourth-order valence-electron chi connectivity index (χ4n) is 2.99. The van der Waals surface area contributed by atoms with Crippen molar-refractivity contribution in [2.75, 3.05) is 4.90 Å². The van der Waals surface area contributed by atoms with E-state index in [1.807, 2.05) is 0 Å². The number of fused-ring (bicyclic) bond motifs is 2. The summed E-state index contributed by atoms with van der Waals surface area (Å²) >= 11 is -1.41. The Hall–Kier alpha value is -2.90. The first-order valence-electron chi connectivity index (χ1n) is 8.01. The second-order valence-corrected chi connectivity index (χ2v) is 7.36. The van der Waals surface area contributed by atoms with Crippen LogP contribution in [0.3, 0.4) is 0 Å². The number of hydrogen-bond donors (Lipinski definition) is 0. The van der Waals surface area contributed by atoms with Gasteiger partial charge in [-0.25, -0.2) is 4.98 Å². The van der Waals surface area contributed by atoms with Crippen LogP contribution in [0.25, 0.3) is 0 Å². The van der Waals surface area contributed by atoms with Crippen molar-refractivity contribution >= 4 is 34.2 Å². The van der Waals surface area contributed by atoms with Crippen LogP contribution in [0.1, 0.15) is 17.3 Å². The molecule has 0 radical (unpaired) electrons. The maximum absolute atomic E-state index is 13.1. The topological polar surface area (TPSA) is 78.3 Å². The number of anilines is 2. The van der Waals surface area contributed by atoms with Gasteiger partial charge in [-0.2, -0.15) is 0 Å². The summed E-state index contributed by atoms with van der Waals surface area (Å²) in [6.07, 6.45) is 4.88. The molecule has 1 aliphatic rings. The maximum atomic E-state index is 13.1. The van der Waals surface area contributed by atoms with Crippen molar-refractivity contribution in [3.63, 3.8) is 0 Å². The fourth-order valence-corrected chi connectivity index (χ4v) is 4.31. The lowest BCUT2D eigenvalue weighted by Gasteiger charge is -2.31. The van der Waals surface area contributed by atoms with Crippen LogP contribution < -0.4 is 4.90 Å². The number of carbonyl (C=O) groups is 2. The van der Waals surface area contributed by atoms with E-state index in [4.69, 9.17) is 0 Å². The number of nitrogens with zero attached hydrogens (tertiary/aromatic N) is 3. The Balaban J connectivity index is 1.86. The predicted octanol–water partition coefficient (Wildman–Crippen LogP) is 2.93. The minimum absolute atomic E-state index is 0.0880. The highest BCUT2D eigenvalue weighted by atomic mass is 32.2. The van der Waals surface area contributed by atoms with Crippen molar-refractivity contribution < 1.29 is 14.1 Å². The first-order valence-corrected chi connectivity index (χ1v) is 9.16. The molecule has 0 saturated heterocycles. The zero-order chi connectivity index (χ0) is 18.3. The van der Waals surface area contributed by atoms with E-state index in [1.165, 1.54) is 6.92 Å². The second-order valence-electron chi connectivity index (χ2n) is 5.94. The monoisotopic (exact) mass is 365 g/mol. The van der Waals surface area contributed by atoms with Gasteiger partial charge in [0, 0.05) is 29.1 Å². The lowest BCUT2D eigenvalue weighted by Crippen LogP contribution is -2.34. The van der Waals surface area contributed by atoms with E-state index in [0.29, 0.717) is 26.7 Å². The summed E-state index contributed by atoms with van der Waals surface area (Å²) in [5.74, 6) is -0.312. The highest BCUT2D eigenvalue weighted by Gasteiger charge is 2.37. The van der Waals surface area contributed by atoms with E-state index < -0.39 is 11.2 Å². The molecule has 0 fully saturated rings. The van der Waals surface area contributed by atoms with Crippen LogP contribution in [0, 0.1) is 0 Å². The van der Waals surface area contributed by atoms with Gasteiger partial charge in [-0.3, -0.25) is 14.5 Å². The van der Waals surface area contributed by atoms with E-state index >= 15 is 0 Å². The summed E-state index contributed by atoms with van der Waals surface area (Å²) in [5, 5.41) is 0. The number of Topliss-reactive ketones (excluding diaryl/α,β-unsaturated/α-hetero) is 1. The molecule has 0 bridgehead atoms. The molecule has 1 aromatic heterocycles. The highest BCUT2D eigenvalue weighted by molar-refractivity contribution is 7.92. The van der Waals surface area contributed by atoms with Crippen LogP contribution in [0.15, 0.2) is 71.0 Å². The molecular formula is C19H15N3O3S. The molecule has 1 aliphatic heterocycles. The number of aromatic nitrogens is 2. The Morgan fingerprint density at radius 3 is 2.62 bits per heavy atom. The SMILES string of the molecule is CC(=O)c1ccc2c(c1)N(C(=O)Cn1ccnc1)c1ccccc1[S+]2[O-]. The van der Waals surface area contributed by atoms with Crippen LogP contribution in [-0.2, 0) is 22.5 Å². The van der Waals surface area contributed by atoms with Crippen molar-refractivity contribution in [2.24, 2.45) is 0 Å². The molecule has 1 atom stereocenters. The Kier molecular flexibility index (Phi) is 4.10. The average molecular weight is 365 g/mol. The molecule has 0 saturated carbocycles. The van der Waals surface area contributed by atoms with Gasteiger partial charge in [0.25, 0.3) is 5.91 Å². The van der Waals surface area contributed by atoms with Gasteiger partial charge in [0.1, 0.15) is 17.9 Å². The van der Waals surface area contributed by atoms with Crippen LogP contribution in [-0.4, -0.2) is 25.8 Å². The van der Waals surface area contributed by atoms with E-state index in [2.05, 4.69) is 4.98 Å². The number of benzene rings is 2. The third-order valence-electron chi connectivity index (χ3n) is 4.24. The second kappa shape index (κ2) is 6.44. The molecule has 3 aromatic rings. The van der Waals surface area contributed by atoms with Gasteiger partial charge in [0.2, 0.25) is 0 Å². The van der Waals surface area contributed by atoms with Gasteiger partial charge in [-0.1, -0.05) is 12.1 Å². The molecule has 0 aliphatic carbocycles. The van der Waals surface area contributed by atoms with Gasteiger partial charge in [-0.15, -0.1) is 0 Å². The minimum Gasteiger partial charge on any atom is -0.606 e. The molecule has 0 N–H and O–H groups in total. The fraction of sp³-hybridized carbons (Fsp3) is 0.105. The number of amides is 1. The van der Waals surface area contributed by atoms with E-state index in [0.717, 1.165) is 0 Å². The summed E-state index contributed by atoms with van der Waals surface area (Å²) in [4.78, 5) is 31.5. The summed E-state index contributed by atoms with van der Waals surface area (Å²) in [6, 6.07) is 12.1. The highest BCUT2D eigenvalue weighted by Crippen LogP contribution is 2.44. The molecule has 2 aromatic carbocycles. The number of ketones is 1. The number of para-hydroxylation sites is 1. The minimum atomic E-state index is -1.41. The number of imidazole rings is 1. The van der Waals surface area contributed by atoms with E-state index in [1.54, 1.807) is 70.7 Å². The molecular weight excluding hydrogens is 350 g/mol. The molecule has 0 spiro atoms. The predicted molar refractivity (Wildman–Crippen MR) is 96.9 cm³/mol. The summed E-state index contributed by atoms with van der Waals surface area (Å²) in [6.45, 7) is 1.55. The molecule has 130 valence electrons. The quantitative estimate of drug-likeness (QED) is 0.528. The zero-order valence-corrected chi connectivity index (χ0v) is 14.8. The first kappa shape index (κ1) is 16.6. The smallest absolute Gasteiger partial charge is 0.251 e. The zero-order valence-electron chi connectivity index (χ0n) is 14.0. The van der Waals surface area contributed by atoms with Crippen molar-refractivity contribution in [1.29, 1.82) is 0 Å². The third kappa shape index (κ3) is 2.71. The molecule has 26 heavy (non-hydrogen) atoms. The number of carbonyl (C=O) groups excluding carboxylic acids is 2. The Morgan fingerprint density at radius 1 is 1.12 bits per heavy atom. The third-order valence-corrected chi connectivity index (χ3v) is 5.73. The van der Waals surface area contributed by atoms with E-state index in [9.17, 15) is 14.1 Å². The molecule has 4 rings (SSSR count). The van der Waals surface area contributed by atoms with Gasteiger partial charge >= 0.3 is 0 Å². The van der Waals surface area contributed by atoms with Crippen LogP contribution >= 0.6 is 0 Å². The number of hydrogen-bond acceptors (Lipinski definition) is 4. The molecule has 1 amide bonds. The van der Waals surface area contributed by atoms with Crippen molar-refractivity contribution in [3.05, 3.63) is 66.7 Å². The van der Waals surface area contributed by atoms with Crippen LogP contribution in [0.5, 0.6) is 0 Å². The van der Waals surface area contributed by atoms with Crippen molar-refractivity contribution in [2.45, 2.75) is 23.3 Å². The van der Waals surface area contributed by atoms with Crippen LogP contribution in [0.2, 0.25) is 0 Å². The molecule has 7 heteroatoms. The van der Waals surface area contributed by atoms with E-state index in [-0.39, 0.29) is 18.2 Å². The lowest BCUT2D eigenvalue weighted by molar-refractivity contribution is -0.118. The Morgan fingerprint density at radius 2 is 1.88 bits per heavy atom. The van der Waals surface area contributed by atoms with Crippen molar-refractivity contribution in [1.82, 2.24) is 9.55 Å². The van der Waals surface area contributed by atoms with Gasteiger partial charge in [0.15, 0.2) is 15.6 Å². The normalized spacial score (nSPS) is 15.3. The molecule has 6 nitrogen and oxygen atoms in total. The standard InChI is InChI=1S/C19H15N3O3S/c1-13(23)14-6-7-18-16(10-14)22(19(24)11-21-9-8-20-12-21)15-4-2-3-5-17(15)26(18)25/h2-10,12H,11H2,1H3. The molecule has 2 heterocycles. The Bertz CT molecular complexity index is 1000. The first-order chi connectivity index (χ1) is 12.6. The van der Waals surface area contributed by atoms with Crippen LogP contribution in [0.4, 0.5) is 11.4 Å². The maximum Gasteiger partial charge on any atom is 0.251 e. The summed E-state index contributed by atoms with van der Waals surface area (Å²) < 4.78 is 14.6. The van der Waals surface area contributed by atoms with Gasteiger partial charge in [0.05, 0.1) is 6.33 Å². The van der Waals surface area contributed by atoms with Gasteiger partial charge < -0.3 is 9.12 Å². The number of rotatable bonds is 3. The lowest BCUT2D eigenvalue weighted by atomic mass is 10.1. The largest absolute Gasteiger partial charge is 0.606 e. The summed E-state index contributed by atoms with van der Waals surface area (Å²) in [7, 11) is 0. The molecule has 1 unspecified atom stereocenters. The van der Waals surface area contributed by atoms with Crippen molar-refractivity contribution in [3.8, 4) is 0 Å². The average Bonchev–Trinajstić information content (AvgIpc) is 3.14. The summed E-state index contributed by atoms with van der Waals surface area (Å²) in [5.41, 5.74) is 1.53. The van der Waals surface area contributed by atoms with Gasteiger partial charge in [-0.05, 0) is 37.3 Å².